The fourth-order valence-electron chi connectivity index (χ4n) is 2.71. The minimum absolute atomic E-state index is 0.177. The lowest BCUT2D eigenvalue weighted by molar-refractivity contribution is -0.136. The summed E-state index contributed by atoms with van der Waals surface area (Å²) < 4.78 is 28.6. The molecule has 1 atom stereocenters. The van der Waals surface area contributed by atoms with E-state index in [9.17, 15) is 18.0 Å². The molecule has 0 spiro atoms. The number of amides is 1. The second-order valence-electron chi connectivity index (χ2n) is 6.04. The number of esters is 1. The highest BCUT2D eigenvalue weighted by Crippen LogP contribution is 2.18. The summed E-state index contributed by atoms with van der Waals surface area (Å²) in [5, 5.41) is 1.12. The summed E-state index contributed by atoms with van der Waals surface area (Å²) in [6.45, 7) is -0.255. The van der Waals surface area contributed by atoms with E-state index in [-0.39, 0.29) is 17.9 Å². The van der Waals surface area contributed by atoms with Crippen molar-refractivity contribution in [3.05, 3.63) is 77.5 Å². The average molecular weight is 386 g/mol. The van der Waals surface area contributed by atoms with Crippen molar-refractivity contribution in [2.24, 2.45) is 0 Å². The van der Waals surface area contributed by atoms with Gasteiger partial charge < -0.3 is 9.64 Å². The van der Waals surface area contributed by atoms with Crippen LogP contribution in [0.4, 0.5) is 0 Å². The molecular weight excluding hydrogens is 368 g/mol. The number of ether oxygens (including phenoxy) is 1. The molecule has 0 unspecified atom stereocenters. The first-order chi connectivity index (χ1) is 12.9. The van der Waals surface area contributed by atoms with Crippen LogP contribution in [0.1, 0.15) is 15.9 Å². The maximum atomic E-state index is 12.7. The van der Waals surface area contributed by atoms with Crippen LogP contribution in [0.2, 0.25) is 0 Å². The molecular formula is C19H18N2O5S. The molecule has 0 bridgehead atoms. The van der Waals surface area contributed by atoms with Gasteiger partial charge in [-0.25, -0.2) is 13.2 Å². The highest BCUT2D eigenvalue weighted by Gasteiger charge is 2.30. The van der Waals surface area contributed by atoms with Gasteiger partial charge in [-0.15, -0.1) is 0 Å². The fourth-order valence-corrected chi connectivity index (χ4v) is 4.00. The van der Waals surface area contributed by atoms with Crippen LogP contribution in [0.25, 0.3) is 0 Å². The Bertz CT molecular complexity index is 943. The number of carbonyl (C=O) groups excluding carboxylic acids is 2. The SMILES string of the molecule is O=C(OCC(=O)N(Cc1ccccc1)[C@H]1C=CS(=O)(=O)C1)c1ccncc1. The maximum Gasteiger partial charge on any atom is 0.338 e. The first kappa shape index (κ1) is 18.8. The van der Waals surface area contributed by atoms with E-state index in [4.69, 9.17) is 4.74 Å². The summed E-state index contributed by atoms with van der Waals surface area (Å²) in [5.41, 5.74) is 1.14. The number of carbonyl (C=O) groups is 2. The molecule has 0 saturated heterocycles. The standard InChI is InChI=1S/C19H18N2O5S/c22-18(13-26-19(23)16-6-9-20-10-7-16)21(12-15-4-2-1-3-5-15)17-8-11-27(24,25)14-17/h1-11,17H,12-14H2/t17-/m0/s1. The third kappa shape index (κ3) is 5.01. The summed E-state index contributed by atoms with van der Waals surface area (Å²) in [4.78, 5) is 29.9. The first-order valence-electron chi connectivity index (χ1n) is 8.26. The number of benzene rings is 1. The highest BCUT2D eigenvalue weighted by molar-refractivity contribution is 7.94. The molecule has 1 aromatic carbocycles. The van der Waals surface area contributed by atoms with Crippen molar-refractivity contribution < 1.29 is 22.7 Å². The van der Waals surface area contributed by atoms with Crippen molar-refractivity contribution in [1.82, 2.24) is 9.88 Å². The Labute approximate surface area is 157 Å². The zero-order chi connectivity index (χ0) is 19.3. The van der Waals surface area contributed by atoms with Crippen LogP contribution in [0.5, 0.6) is 0 Å². The van der Waals surface area contributed by atoms with Crippen LogP contribution in [-0.4, -0.2) is 48.6 Å². The number of hydrogen-bond donors (Lipinski definition) is 0. The van der Waals surface area contributed by atoms with Gasteiger partial charge in [-0.3, -0.25) is 9.78 Å². The van der Waals surface area contributed by atoms with E-state index in [0.29, 0.717) is 0 Å². The van der Waals surface area contributed by atoms with Crippen LogP contribution < -0.4 is 0 Å². The molecule has 1 aliphatic heterocycles. The van der Waals surface area contributed by atoms with Crippen molar-refractivity contribution in [1.29, 1.82) is 0 Å². The molecule has 1 amide bonds. The lowest BCUT2D eigenvalue weighted by atomic mass is 10.2. The molecule has 0 fully saturated rings. The van der Waals surface area contributed by atoms with Gasteiger partial charge in [-0.05, 0) is 23.8 Å². The van der Waals surface area contributed by atoms with E-state index in [1.165, 1.54) is 35.5 Å². The Hall–Kier alpha value is -3.00. The lowest BCUT2D eigenvalue weighted by Crippen LogP contribution is -2.42. The molecule has 0 aliphatic carbocycles. The van der Waals surface area contributed by atoms with Gasteiger partial charge in [-0.1, -0.05) is 30.3 Å². The predicted octanol–water partition coefficient (Wildman–Crippen LogP) is 1.58. The number of hydrogen-bond acceptors (Lipinski definition) is 6. The average Bonchev–Trinajstić information content (AvgIpc) is 3.05. The van der Waals surface area contributed by atoms with Crippen LogP contribution in [0, 0.1) is 0 Å². The van der Waals surface area contributed by atoms with E-state index >= 15 is 0 Å². The third-order valence-corrected chi connectivity index (χ3v) is 5.45. The van der Waals surface area contributed by atoms with Crippen molar-refractivity contribution in [3.63, 3.8) is 0 Å². The summed E-state index contributed by atoms with van der Waals surface area (Å²) >= 11 is 0. The molecule has 1 aromatic heterocycles. The maximum absolute atomic E-state index is 12.7. The normalized spacial score (nSPS) is 17.4. The van der Waals surface area contributed by atoms with Gasteiger partial charge in [0.2, 0.25) is 0 Å². The molecule has 2 heterocycles. The number of aromatic nitrogens is 1. The summed E-state index contributed by atoms with van der Waals surface area (Å²) in [5.74, 6) is -1.28. The minimum atomic E-state index is -3.33. The van der Waals surface area contributed by atoms with E-state index in [2.05, 4.69) is 4.98 Å². The molecule has 0 N–H and O–H groups in total. The first-order valence-corrected chi connectivity index (χ1v) is 9.98. The molecule has 8 heteroatoms. The van der Waals surface area contributed by atoms with E-state index < -0.39 is 34.4 Å². The number of sulfone groups is 1. The van der Waals surface area contributed by atoms with Crippen molar-refractivity contribution in [2.75, 3.05) is 12.4 Å². The summed E-state index contributed by atoms with van der Waals surface area (Å²) in [6, 6.07) is 11.6. The van der Waals surface area contributed by atoms with Crippen molar-refractivity contribution in [2.45, 2.75) is 12.6 Å². The smallest absolute Gasteiger partial charge is 0.338 e. The van der Waals surface area contributed by atoms with Gasteiger partial charge in [0.1, 0.15) is 0 Å². The van der Waals surface area contributed by atoms with E-state index in [1.54, 1.807) is 0 Å². The molecule has 1 aliphatic rings. The topological polar surface area (TPSA) is 93.6 Å². The van der Waals surface area contributed by atoms with Crippen LogP contribution in [0.15, 0.2) is 66.3 Å². The van der Waals surface area contributed by atoms with Gasteiger partial charge in [0.25, 0.3) is 5.91 Å². The molecule has 0 saturated carbocycles. The Kier molecular flexibility index (Phi) is 5.66. The number of nitrogens with zero attached hydrogens (tertiary/aromatic N) is 2. The zero-order valence-electron chi connectivity index (χ0n) is 14.4. The molecule has 3 rings (SSSR count). The Balaban J connectivity index is 1.71. The summed E-state index contributed by atoms with van der Waals surface area (Å²) in [7, 11) is -3.33. The van der Waals surface area contributed by atoms with E-state index in [0.717, 1.165) is 11.0 Å². The number of pyridine rings is 1. The van der Waals surface area contributed by atoms with Crippen molar-refractivity contribution in [3.8, 4) is 0 Å². The summed E-state index contributed by atoms with van der Waals surface area (Å²) in [6.07, 6.45) is 4.39. The molecule has 140 valence electrons. The molecule has 7 nitrogen and oxygen atoms in total. The zero-order valence-corrected chi connectivity index (χ0v) is 15.2. The van der Waals surface area contributed by atoms with Gasteiger partial charge in [0.15, 0.2) is 16.4 Å². The third-order valence-electron chi connectivity index (χ3n) is 4.07. The fraction of sp³-hybridized carbons (Fsp3) is 0.211. The Morgan fingerprint density at radius 3 is 2.44 bits per heavy atom. The van der Waals surface area contributed by atoms with Crippen LogP contribution in [-0.2, 0) is 25.9 Å². The highest BCUT2D eigenvalue weighted by atomic mass is 32.2. The van der Waals surface area contributed by atoms with Crippen LogP contribution >= 0.6 is 0 Å². The predicted molar refractivity (Wildman–Crippen MR) is 98.2 cm³/mol. The minimum Gasteiger partial charge on any atom is -0.452 e. The molecule has 27 heavy (non-hydrogen) atoms. The largest absolute Gasteiger partial charge is 0.452 e. The molecule has 0 radical (unpaired) electrons. The molecule has 2 aromatic rings. The van der Waals surface area contributed by atoms with Gasteiger partial charge in [0, 0.05) is 24.3 Å². The van der Waals surface area contributed by atoms with Crippen LogP contribution in [0.3, 0.4) is 0 Å². The van der Waals surface area contributed by atoms with E-state index in [1.807, 2.05) is 30.3 Å². The van der Waals surface area contributed by atoms with Gasteiger partial charge >= 0.3 is 5.97 Å². The second kappa shape index (κ2) is 8.13. The van der Waals surface area contributed by atoms with Gasteiger partial charge in [0.05, 0.1) is 17.4 Å². The Morgan fingerprint density at radius 2 is 1.81 bits per heavy atom. The second-order valence-corrected chi connectivity index (χ2v) is 7.98. The Morgan fingerprint density at radius 1 is 1.11 bits per heavy atom. The number of rotatable bonds is 6. The monoisotopic (exact) mass is 386 g/mol. The van der Waals surface area contributed by atoms with Gasteiger partial charge in [-0.2, -0.15) is 0 Å². The quantitative estimate of drug-likeness (QED) is 0.700. The lowest BCUT2D eigenvalue weighted by Gasteiger charge is -2.27. The van der Waals surface area contributed by atoms with Crippen molar-refractivity contribution >= 4 is 21.7 Å².